The number of carbonyl (C=O) groups is 1. The predicted octanol–water partition coefficient (Wildman–Crippen LogP) is 0.656. The Morgan fingerprint density at radius 1 is 1.26 bits per heavy atom. The van der Waals surface area contributed by atoms with E-state index >= 15 is 0 Å². The summed E-state index contributed by atoms with van der Waals surface area (Å²) in [5.74, 6) is 0.685. The third-order valence-electron chi connectivity index (χ3n) is 4.20. The lowest BCUT2D eigenvalue weighted by Crippen LogP contribution is -2.47. The Bertz CT molecular complexity index is 498. The molecule has 1 saturated heterocycles. The Kier molecular flexibility index (Phi) is 6.38. The van der Waals surface area contributed by atoms with E-state index in [0.717, 1.165) is 31.9 Å². The fourth-order valence-electron chi connectivity index (χ4n) is 2.52. The fraction of sp³-hybridized carbons (Fsp3) is 0.588. The lowest BCUT2D eigenvalue weighted by atomic mass is 10.2. The molecule has 1 atom stereocenters. The van der Waals surface area contributed by atoms with Crippen LogP contribution in [0.1, 0.15) is 6.92 Å². The molecule has 23 heavy (non-hydrogen) atoms. The van der Waals surface area contributed by atoms with Gasteiger partial charge in [-0.2, -0.15) is 0 Å². The first-order valence-electron chi connectivity index (χ1n) is 8.02. The molecule has 0 saturated carbocycles. The summed E-state index contributed by atoms with van der Waals surface area (Å²) in [6.45, 7) is 6.49. The maximum atomic E-state index is 11.3. The SMILES string of the molecule is CC(=O)N(C)c1ccc(OCC(O)CN2CCN(C)CC2)cc1. The van der Waals surface area contributed by atoms with Crippen LogP contribution in [0.4, 0.5) is 5.69 Å². The molecular weight excluding hydrogens is 294 g/mol. The minimum absolute atomic E-state index is 0.0127. The van der Waals surface area contributed by atoms with Crippen LogP contribution in [0, 0.1) is 0 Å². The summed E-state index contributed by atoms with van der Waals surface area (Å²) in [6, 6.07) is 7.31. The highest BCUT2D eigenvalue weighted by molar-refractivity contribution is 5.90. The number of likely N-dealkylation sites (N-methyl/N-ethyl adjacent to an activating group) is 1. The van der Waals surface area contributed by atoms with Crippen molar-refractivity contribution >= 4 is 11.6 Å². The summed E-state index contributed by atoms with van der Waals surface area (Å²) in [5, 5.41) is 10.1. The van der Waals surface area contributed by atoms with Crippen molar-refractivity contribution in [3.8, 4) is 5.75 Å². The van der Waals surface area contributed by atoms with Gasteiger partial charge in [0.05, 0.1) is 0 Å². The fourth-order valence-corrected chi connectivity index (χ4v) is 2.52. The Labute approximate surface area is 138 Å². The van der Waals surface area contributed by atoms with Gasteiger partial charge in [-0.1, -0.05) is 0 Å². The van der Waals surface area contributed by atoms with Crippen LogP contribution in [-0.4, -0.2) is 80.3 Å². The molecule has 6 nitrogen and oxygen atoms in total. The molecule has 1 fully saturated rings. The molecule has 1 unspecified atom stereocenters. The van der Waals surface area contributed by atoms with Crippen molar-refractivity contribution in [3.63, 3.8) is 0 Å². The monoisotopic (exact) mass is 321 g/mol. The van der Waals surface area contributed by atoms with Gasteiger partial charge in [-0.05, 0) is 31.3 Å². The molecule has 6 heteroatoms. The minimum atomic E-state index is -0.502. The van der Waals surface area contributed by atoms with Gasteiger partial charge in [0.2, 0.25) is 5.91 Å². The van der Waals surface area contributed by atoms with Gasteiger partial charge in [0, 0.05) is 52.4 Å². The summed E-state index contributed by atoms with van der Waals surface area (Å²) in [5.41, 5.74) is 0.822. The largest absolute Gasteiger partial charge is 0.491 e. The number of hydrogen-bond acceptors (Lipinski definition) is 5. The highest BCUT2D eigenvalue weighted by Gasteiger charge is 2.17. The molecule has 1 amide bonds. The van der Waals surface area contributed by atoms with Crippen LogP contribution in [0.15, 0.2) is 24.3 Å². The third kappa shape index (κ3) is 5.49. The van der Waals surface area contributed by atoms with Crippen LogP contribution in [-0.2, 0) is 4.79 Å². The highest BCUT2D eigenvalue weighted by atomic mass is 16.5. The molecule has 1 aromatic carbocycles. The van der Waals surface area contributed by atoms with Gasteiger partial charge in [-0.15, -0.1) is 0 Å². The number of nitrogens with zero attached hydrogens (tertiary/aromatic N) is 3. The zero-order valence-electron chi connectivity index (χ0n) is 14.2. The lowest BCUT2D eigenvalue weighted by molar-refractivity contribution is -0.116. The van der Waals surface area contributed by atoms with E-state index in [9.17, 15) is 9.90 Å². The molecule has 1 heterocycles. The van der Waals surface area contributed by atoms with Crippen LogP contribution >= 0.6 is 0 Å². The van der Waals surface area contributed by atoms with E-state index in [-0.39, 0.29) is 12.5 Å². The molecule has 0 radical (unpaired) electrons. The average Bonchev–Trinajstić information content (AvgIpc) is 2.55. The minimum Gasteiger partial charge on any atom is -0.491 e. The van der Waals surface area contributed by atoms with Crippen LogP contribution in [0.2, 0.25) is 0 Å². The Morgan fingerprint density at radius 3 is 2.43 bits per heavy atom. The molecule has 1 aliphatic rings. The van der Waals surface area contributed by atoms with Crippen molar-refractivity contribution in [2.24, 2.45) is 0 Å². The molecule has 0 bridgehead atoms. The normalized spacial score (nSPS) is 17.7. The van der Waals surface area contributed by atoms with Crippen molar-refractivity contribution in [1.29, 1.82) is 0 Å². The second kappa shape index (κ2) is 8.29. The molecule has 1 aliphatic heterocycles. The number of β-amino-alcohol motifs (C(OH)–C–C–N with tert-alkyl or cyclic N) is 1. The van der Waals surface area contributed by atoms with Crippen LogP contribution in [0.3, 0.4) is 0 Å². The van der Waals surface area contributed by atoms with Gasteiger partial charge in [0.15, 0.2) is 0 Å². The number of aliphatic hydroxyl groups is 1. The summed E-state index contributed by atoms with van der Waals surface area (Å²) in [4.78, 5) is 17.4. The number of amides is 1. The van der Waals surface area contributed by atoms with E-state index in [1.54, 1.807) is 11.9 Å². The Morgan fingerprint density at radius 2 is 1.87 bits per heavy atom. The molecule has 1 N–H and O–H groups in total. The summed E-state index contributed by atoms with van der Waals surface area (Å²) in [7, 11) is 3.85. The average molecular weight is 321 g/mol. The van der Waals surface area contributed by atoms with Gasteiger partial charge < -0.3 is 19.6 Å². The lowest BCUT2D eigenvalue weighted by Gasteiger charge is -2.33. The first-order chi connectivity index (χ1) is 11.0. The van der Waals surface area contributed by atoms with E-state index in [4.69, 9.17) is 4.74 Å². The van der Waals surface area contributed by atoms with Gasteiger partial charge in [0.1, 0.15) is 18.5 Å². The number of rotatable bonds is 6. The van der Waals surface area contributed by atoms with Crippen LogP contribution in [0.25, 0.3) is 0 Å². The summed E-state index contributed by atoms with van der Waals surface area (Å²) >= 11 is 0. The second-order valence-corrected chi connectivity index (χ2v) is 6.14. The van der Waals surface area contributed by atoms with E-state index in [1.165, 1.54) is 6.92 Å². The quantitative estimate of drug-likeness (QED) is 0.834. The number of ether oxygens (including phenoxy) is 1. The maximum absolute atomic E-state index is 11.3. The van der Waals surface area contributed by atoms with Crippen molar-refractivity contribution in [1.82, 2.24) is 9.80 Å². The smallest absolute Gasteiger partial charge is 0.223 e. The molecule has 2 rings (SSSR count). The van der Waals surface area contributed by atoms with Gasteiger partial charge in [0.25, 0.3) is 0 Å². The number of anilines is 1. The topological polar surface area (TPSA) is 56.3 Å². The number of aliphatic hydroxyl groups excluding tert-OH is 1. The van der Waals surface area contributed by atoms with E-state index in [2.05, 4.69) is 16.8 Å². The number of hydrogen-bond donors (Lipinski definition) is 1. The Hall–Kier alpha value is -1.63. The molecule has 128 valence electrons. The van der Waals surface area contributed by atoms with Crippen molar-refractivity contribution in [3.05, 3.63) is 24.3 Å². The first kappa shape index (κ1) is 17.7. The maximum Gasteiger partial charge on any atom is 0.223 e. The van der Waals surface area contributed by atoms with Crippen LogP contribution < -0.4 is 9.64 Å². The molecule has 0 aromatic heterocycles. The third-order valence-corrected chi connectivity index (χ3v) is 4.20. The number of carbonyl (C=O) groups excluding carboxylic acids is 1. The van der Waals surface area contributed by atoms with E-state index in [0.29, 0.717) is 12.3 Å². The van der Waals surface area contributed by atoms with Crippen molar-refractivity contribution in [2.45, 2.75) is 13.0 Å². The van der Waals surface area contributed by atoms with Crippen molar-refractivity contribution in [2.75, 3.05) is 58.3 Å². The van der Waals surface area contributed by atoms with Gasteiger partial charge in [-0.25, -0.2) is 0 Å². The van der Waals surface area contributed by atoms with Crippen LogP contribution in [0.5, 0.6) is 5.75 Å². The molecular formula is C17H27N3O3. The molecule has 0 aliphatic carbocycles. The van der Waals surface area contributed by atoms with Gasteiger partial charge in [-0.3, -0.25) is 9.69 Å². The second-order valence-electron chi connectivity index (χ2n) is 6.14. The highest BCUT2D eigenvalue weighted by Crippen LogP contribution is 2.18. The van der Waals surface area contributed by atoms with Crippen molar-refractivity contribution < 1.29 is 14.6 Å². The molecule has 1 aromatic rings. The standard InChI is InChI=1S/C17H27N3O3/c1-14(21)19(3)15-4-6-17(7-5-15)23-13-16(22)12-20-10-8-18(2)9-11-20/h4-7,16,22H,8-13H2,1-3H3. The zero-order chi connectivity index (χ0) is 16.8. The molecule has 0 spiro atoms. The number of piperazine rings is 1. The van der Waals surface area contributed by atoms with E-state index in [1.807, 2.05) is 24.3 Å². The predicted molar refractivity (Wildman–Crippen MR) is 91.0 cm³/mol. The number of benzene rings is 1. The Balaban J connectivity index is 1.75. The first-order valence-corrected chi connectivity index (χ1v) is 8.02. The zero-order valence-corrected chi connectivity index (χ0v) is 14.2. The summed E-state index contributed by atoms with van der Waals surface area (Å²) in [6.07, 6.45) is -0.502. The van der Waals surface area contributed by atoms with E-state index < -0.39 is 6.10 Å². The van der Waals surface area contributed by atoms with Gasteiger partial charge >= 0.3 is 0 Å². The summed E-state index contributed by atoms with van der Waals surface area (Å²) < 4.78 is 5.64.